The first-order valence-electron chi connectivity index (χ1n) is 9.74. The van der Waals surface area contributed by atoms with Crippen LogP contribution in [0.3, 0.4) is 0 Å². The minimum atomic E-state index is -0.303. The summed E-state index contributed by atoms with van der Waals surface area (Å²) in [5.41, 5.74) is 8.39. The Labute approximate surface area is 175 Å². The molecule has 0 saturated carbocycles. The van der Waals surface area contributed by atoms with Gasteiger partial charge in [0.05, 0.1) is 17.0 Å². The van der Waals surface area contributed by atoms with Crippen molar-refractivity contribution >= 4 is 11.6 Å². The quantitative estimate of drug-likeness (QED) is 0.382. The third kappa shape index (κ3) is 4.20. The number of rotatable bonds is 5. The SMILES string of the molecule is C/C(=N/NC(=O)c1cn(-c2ccccc2)nc1-c1ccccc1)c1ccc(C)cc1. The van der Waals surface area contributed by atoms with Crippen molar-refractivity contribution < 1.29 is 4.79 Å². The van der Waals surface area contributed by atoms with Gasteiger partial charge in [0.25, 0.3) is 5.91 Å². The number of carbonyl (C=O) groups is 1. The molecule has 5 heteroatoms. The third-order valence-electron chi connectivity index (χ3n) is 4.82. The number of aromatic nitrogens is 2. The summed E-state index contributed by atoms with van der Waals surface area (Å²) in [4.78, 5) is 13.0. The van der Waals surface area contributed by atoms with Crippen LogP contribution in [0.4, 0.5) is 0 Å². The first-order valence-corrected chi connectivity index (χ1v) is 9.74. The fourth-order valence-electron chi connectivity index (χ4n) is 3.12. The van der Waals surface area contributed by atoms with E-state index in [0.29, 0.717) is 11.3 Å². The van der Waals surface area contributed by atoms with E-state index in [0.717, 1.165) is 22.5 Å². The van der Waals surface area contributed by atoms with Gasteiger partial charge in [0, 0.05) is 11.8 Å². The molecule has 1 amide bonds. The summed E-state index contributed by atoms with van der Waals surface area (Å²) in [5, 5.41) is 8.97. The summed E-state index contributed by atoms with van der Waals surface area (Å²) < 4.78 is 1.72. The van der Waals surface area contributed by atoms with Gasteiger partial charge in [0.1, 0.15) is 5.69 Å². The zero-order valence-electron chi connectivity index (χ0n) is 16.9. The lowest BCUT2D eigenvalue weighted by molar-refractivity contribution is 0.0955. The molecule has 1 aromatic heterocycles. The maximum atomic E-state index is 13.0. The number of hydrogen-bond donors (Lipinski definition) is 1. The predicted octanol–water partition coefficient (Wildman–Crippen LogP) is 5.00. The molecule has 0 atom stereocenters. The van der Waals surface area contributed by atoms with E-state index in [4.69, 9.17) is 0 Å². The maximum absolute atomic E-state index is 13.0. The molecule has 30 heavy (non-hydrogen) atoms. The lowest BCUT2D eigenvalue weighted by Gasteiger charge is -2.04. The van der Waals surface area contributed by atoms with Crippen LogP contribution >= 0.6 is 0 Å². The Morgan fingerprint density at radius 2 is 1.53 bits per heavy atom. The lowest BCUT2D eigenvalue weighted by atomic mass is 10.1. The van der Waals surface area contributed by atoms with E-state index in [1.54, 1.807) is 10.9 Å². The Morgan fingerprint density at radius 1 is 0.900 bits per heavy atom. The minimum Gasteiger partial charge on any atom is -0.267 e. The Balaban J connectivity index is 1.66. The van der Waals surface area contributed by atoms with Crippen LogP contribution in [0, 0.1) is 6.92 Å². The fourth-order valence-corrected chi connectivity index (χ4v) is 3.12. The molecule has 5 nitrogen and oxygen atoms in total. The van der Waals surface area contributed by atoms with Gasteiger partial charge in [-0.3, -0.25) is 4.79 Å². The van der Waals surface area contributed by atoms with Gasteiger partial charge in [-0.1, -0.05) is 78.4 Å². The summed E-state index contributed by atoms with van der Waals surface area (Å²) >= 11 is 0. The molecule has 0 aliphatic carbocycles. The molecule has 1 N–H and O–H groups in total. The number of amides is 1. The van der Waals surface area contributed by atoms with Crippen molar-refractivity contribution in [1.29, 1.82) is 0 Å². The summed E-state index contributed by atoms with van der Waals surface area (Å²) in [6, 6.07) is 27.4. The Kier molecular flexibility index (Phi) is 5.52. The molecular formula is C25H22N4O. The molecule has 148 valence electrons. The van der Waals surface area contributed by atoms with Crippen molar-refractivity contribution in [3.05, 3.63) is 108 Å². The van der Waals surface area contributed by atoms with Crippen molar-refractivity contribution in [2.45, 2.75) is 13.8 Å². The molecule has 0 spiro atoms. The molecule has 0 radical (unpaired) electrons. The molecule has 0 unspecified atom stereocenters. The molecule has 4 aromatic rings. The highest BCUT2D eigenvalue weighted by molar-refractivity contribution is 6.03. The van der Waals surface area contributed by atoms with E-state index < -0.39 is 0 Å². The average molecular weight is 394 g/mol. The number of carbonyl (C=O) groups excluding carboxylic acids is 1. The van der Waals surface area contributed by atoms with Gasteiger partial charge >= 0.3 is 0 Å². The zero-order chi connectivity index (χ0) is 20.9. The second-order valence-corrected chi connectivity index (χ2v) is 7.04. The molecule has 0 saturated heterocycles. The molecule has 0 fully saturated rings. The van der Waals surface area contributed by atoms with Gasteiger partial charge in [0.2, 0.25) is 0 Å². The monoisotopic (exact) mass is 394 g/mol. The second kappa shape index (κ2) is 8.57. The lowest BCUT2D eigenvalue weighted by Crippen LogP contribution is -2.19. The number of nitrogens with zero attached hydrogens (tertiary/aromatic N) is 3. The highest BCUT2D eigenvalue weighted by Gasteiger charge is 2.18. The van der Waals surface area contributed by atoms with Crippen molar-refractivity contribution in [2.24, 2.45) is 5.10 Å². The van der Waals surface area contributed by atoms with E-state index in [1.165, 1.54) is 5.56 Å². The number of nitrogens with one attached hydrogen (secondary N) is 1. The van der Waals surface area contributed by atoms with E-state index in [-0.39, 0.29) is 5.91 Å². The van der Waals surface area contributed by atoms with Gasteiger partial charge in [-0.15, -0.1) is 0 Å². The predicted molar refractivity (Wildman–Crippen MR) is 120 cm³/mol. The zero-order valence-corrected chi connectivity index (χ0v) is 16.9. The number of hydrazone groups is 1. The van der Waals surface area contributed by atoms with E-state index in [2.05, 4.69) is 15.6 Å². The van der Waals surface area contributed by atoms with Crippen molar-refractivity contribution in [3.8, 4) is 16.9 Å². The Morgan fingerprint density at radius 3 is 2.20 bits per heavy atom. The number of aryl methyl sites for hydroxylation is 1. The number of benzene rings is 3. The Bertz CT molecular complexity index is 1180. The highest BCUT2D eigenvalue weighted by Crippen LogP contribution is 2.23. The number of hydrogen-bond acceptors (Lipinski definition) is 3. The van der Waals surface area contributed by atoms with Gasteiger partial charge in [-0.05, 0) is 31.5 Å². The van der Waals surface area contributed by atoms with Crippen LogP contribution in [0.5, 0.6) is 0 Å². The maximum Gasteiger partial charge on any atom is 0.275 e. The van der Waals surface area contributed by atoms with E-state index in [1.807, 2.05) is 98.8 Å². The molecule has 1 heterocycles. The topological polar surface area (TPSA) is 59.3 Å². The fraction of sp³-hybridized carbons (Fsp3) is 0.0800. The van der Waals surface area contributed by atoms with Crippen LogP contribution in [-0.4, -0.2) is 21.4 Å². The van der Waals surface area contributed by atoms with Gasteiger partial charge in [-0.25, -0.2) is 10.1 Å². The molecule has 0 aliphatic rings. The van der Waals surface area contributed by atoms with E-state index >= 15 is 0 Å². The molecule has 3 aromatic carbocycles. The molecule has 0 aliphatic heterocycles. The van der Waals surface area contributed by atoms with E-state index in [9.17, 15) is 4.79 Å². The van der Waals surface area contributed by atoms with Crippen LogP contribution < -0.4 is 5.43 Å². The number of para-hydroxylation sites is 1. The largest absolute Gasteiger partial charge is 0.275 e. The van der Waals surface area contributed by atoms with Crippen LogP contribution in [-0.2, 0) is 0 Å². The third-order valence-corrected chi connectivity index (χ3v) is 4.82. The standard InChI is InChI=1S/C25H22N4O/c1-18-13-15-20(16-14-18)19(2)26-27-25(30)23-17-29(22-11-7-4-8-12-22)28-24(23)21-9-5-3-6-10-21/h3-17H,1-2H3,(H,27,30)/b26-19-. The summed E-state index contributed by atoms with van der Waals surface area (Å²) in [7, 11) is 0. The first kappa shape index (κ1) is 19.3. The van der Waals surface area contributed by atoms with Crippen molar-refractivity contribution in [3.63, 3.8) is 0 Å². The molecule has 0 bridgehead atoms. The highest BCUT2D eigenvalue weighted by atomic mass is 16.2. The van der Waals surface area contributed by atoms with Crippen LogP contribution in [0.15, 0.2) is 96.2 Å². The van der Waals surface area contributed by atoms with Crippen LogP contribution in [0.2, 0.25) is 0 Å². The summed E-state index contributed by atoms with van der Waals surface area (Å²) in [6.45, 7) is 3.91. The van der Waals surface area contributed by atoms with Crippen LogP contribution in [0.25, 0.3) is 16.9 Å². The van der Waals surface area contributed by atoms with Crippen molar-refractivity contribution in [2.75, 3.05) is 0 Å². The second-order valence-electron chi connectivity index (χ2n) is 7.04. The Hall–Kier alpha value is -3.99. The van der Waals surface area contributed by atoms with Crippen LogP contribution in [0.1, 0.15) is 28.4 Å². The minimum absolute atomic E-state index is 0.303. The summed E-state index contributed by atoms with van der Waals surface area (Å²) in [6.07, 6.45) is 1.74. The average Bonchev–Trinajstić information content (AvgIpc) is 3.25. The normalized spacial score (nSPS) is 11.3. The van der Waals surface area contributed by atoms with Gasteiger partial charge in [-0.2, -0.15) is 10.2 Å². The van der Waals surface area contributed by atoms with Crippen molar-refractivity contribution in [1.82, 2.24) is 15.2 Å². The smallest absolute Gasteiger partial charge is 0.267 e. The van der Waals surface area contributed by atoms with Gasteiger partial charge in [0.15, 0.2) is 0 Å². The molecular weight excluding hydrogens is 372 g/mol. The van der Waals surface area contributed by atoms with Gasteiger partial charge < -0.3 is 0 Å². The summed E-state index contributed by atoms with van der Waals surface area (Å²) in [5.74, 6) is -0.303. The first-order chi connectivity index (χ1) is 14.6. The molecule has 4 rings (SSSR count).